The lowest BCUT2D eigenvalue weighted by Crippen LogP contribution is -2.31. The molecule has 21 heavy (non-hydrogen) atoms. The van der Waals surface area contributed by atoms with E-state index in [-0.39, 0.29) is 11.9 Å². The van der Waals surface area contributed by atoms with Crippen LogP contribution in [-0.4, -0.2) is 32.5 Å². The summed E-state index contributed by atoms with van der Waals surface area (Å²) in [6.07, 6.45) is 7.61. The predicted octanol–water partition coefficient (Wildman–Crippen LogP) is 2.31. The molecule has 1 saturated heterocycles. The molecule has 1 amide bonds. The maximum Gasteiger partial charge on any atom is 0.259 e. The second kappa shape index (κ2) is 5.63. The molecular weight excluding hydrogens is 268 g/mol. The number of likely N-dealkylation sites (tertiary alicyclic amines) is 1. The van der Waals surface area contributed by atoms with Crippen LogP contribution in [-0.2, 0) is 6.42 Å². The van der Waals surface area contributed by atoms with Crippen molar-refractivity contribution in [3.05, 3.63) is 41.3 Å². The third-order valence-corrected chi connectivity index (χ3v) is 3.92. The third-order valence-electron chi connectivity index (χ3n) is 3.92. The molecule has 0 unspecified atom stereocenters. The zero-order chi connectivity index (χ0) is 14.8. The zero-order valence-corrected chi connectivity index (χ0v) is 12.2. The second-order valence-corrected chi connectivity index (χ2v) is 5.20. The highest BCUT2D eigenvalue weighted by Gasteiger charge is 2.34. The minimum Gasteiger partial charge on any atom is -0.361 e. The van der Waals surface area contributed by atoms with Crippen LogP contribution in [0.5, 0.6) is 0 Å². The van der Waals surface area contributed by atoms with Gasteiger partial charge in [0.05, 0.1) is 23.6 Å². The fraction of sp³-hybridized carbons (Fsp3) is 0.467. The Morgan fingerprint density at radius 3 is 3.05 bits per heavy atom. The number of aromatic nitrogens is 3. The quantitative estimate of drug-likeness (QED) is 0.865. The molecule has 1 fully saturated rings. The van der Waals surface area contributed by atoms with Crippen molar-refractivity contribution in [2.24, 2.45) is 0 Å². The van der Waals surface area contributed by atoms with Crippen LogP contribution < -0.4 is 0 Å². The molecule has 2 aromatic rings. The summed E-state index contributed by atoms with van der Waals surface area (Å²) in [7, 11) is 0. The summed E-state index contributed by atoms with van der Waals surface area (Å²) in [4.78, 5) is 23.2. The number of hydrogen-bond donors (Lipinski definition) is 0. The van der Waals surface area contributed by atoms with Gasteiger partial charge >= 0.3 is 0 Å². The van der Waals surface area contributed by atoms with Crippen LogP contribution in [0.25, 0.3) is 0 Å². The molecule has 0 aromatic carbocycles. The smallest absolute Gasteiger partial charge is 0.259 e. The van der Waals surface area contributed by atoms with Crippen LogP contribution >= 0.6 is 0 Å². The van der Waals surface area contributed by atoms with Crippen molar-refractivity contribution in [2.45, 2.75) is 39.2 Å². The molecule has 3 rings (SSSR count). The Morgan fingerprint density at radius 1 is 1.48 bits per heavy atom. The van der Waals surface area contributed by atoms with Crippen molar-refractivity contribution in [3.8, 4) is 0 Å². The fourth-order valence-corrected chi connectivity index (χ4v) is 2.88. The summed E-state index contributed by atoms with van der Waals surface area (Å²) in [5.41, 5.74) is 2.17. The first-order valence-corrected chi connectivity index (χ1v) is 7.24. The predicted molar refractivity (Wildman–Crippen MR) is 75.7 cm³/mol. The van der Waals surface area contributed by atoms with E-state index in [9.17, 15) is 4.79 Å². The van der Waals surface area contributed by atoms with Gasteiger partial charge in [0, 0.05) is 18.9 Å². The molecule has 0 spiro atoms. The van der Waals surface area contributed by atoms with Crippen LogP contribution in [0.1, 0.15) is 53.3 Å². The van der Waals surface area contributed by atoms with E-state index in [1.807, 2.05) is 11.8 Å². The Hall–Kier alpha value is -2.24. The van der Waals surface area contributed by atoms with Gasteiger partial charge in [-0.05, 0) is 26.2 Å². The van der Waals surface area contributed by atoms with Gasteiger partial charge in [-0.3, -0.25) is 14.8 Å². The number of amides is 1. The fourth-order valence-electron chi connectivity index (χ4n) is 2.88. The first kappa shape index (κ1) is 13.7. The Morgan fingerprint density at radius 2 is 2.33 bits per heavy atom. The van der Waals surface area contributed by atoms with Gasteiger partial charge in [0.2, 0.25) is 0 Å². The normalized spacial score (nSPS) is 18.2. The van der Waals surface area contributed by atoms with Crippen LogP contribution in [0.4, 0.5) is 0 Å². The average molecular weight is 286 g/mol. The van der Waals surface area contributed by atoms with E-state index in [1.54, 1.807) is 25.5 Å². The van der Waals surface area contributed by atoms with Crippen molar-refractivity contribution in [1.82, 2.24) is 20.0 Å². The van der Waals surface area contributed by atoms with Gasteiger partial charge in [0.1, 0.15) is 11.3 Å². The van der Waals surface area contributed by atoms with Crippen LogP contribution in [0, 0.1) is 6.92 Å². The number of aryl methyl sites for hydroxylation is 2. The van der Waals surface area contributed by atoms with E-state index in [0.29, 0.717) is 17.7 Å². The lowest BCUT2D eigenvalue weighted by molar-refractivity contribution is 0.0730. The summed E-state index contributed by atoms with van der Waals surface area (Å²) in [5.74, 6) is 0.570. The molecule has 0 radical (unpaired) electrons. The monoisotopic (exact) mass is 286 g/mol. The SMILES string of the molecule is CCc1noc(C)c1C(=O)N1CCC[C@@H]1c1cnccn1. The largest absolute Gasteiger partial charge is 0.361 e. The highest BCUT2D eigenvalue weighted by Crippen LogP contribution is 2.32. The van der Waals surface area contributed by atoms with E-state index < -0.39 is 0 Å². The van der Waals surface area contributed by atoms with Crippen molar-refractivity contribution >= 4 is 5.91 Å². The lowest BCUT2D eigenvalue weighted by Gasteiger charge is -2.24. The number of hydrogen-bond acceptors (Lipinski definition) is 5. The molecule has 0 saturated carbocycles. The van der Waals surface area contributed by atoms with Gasteiger partial charge in [-0.15, -0.1) is 0 Å². The molecule has 110 valence electrons. The van der Waals surface area contributed by atoms with E-state index in [4.69, 9.17) is 4.52 Å². The molecular formula is C15H18N4O2. The highest BCUT2D eigenvalue weighted by molar-refractivity contribution is 5.96. The second-order valence-electron chi connectivity index (χ2n) is 5.20. The van der Waals surface area contributed by atoms with Crippen LogP contribution in [0.3, 0.4) is 0 Å². The van der Waals surface area contributed by atoms with E-state index in [2.05, 4.69) is 15.1 Å². The van der Waals surface area contributed by atoms with Gasteiger partial charge in [-0.25, -0.2) is 0 Å². The molecule has 3 heterocycles. The standard InChI is InChI=1S/C15H18N4O2/c1-3-11-14(10(2)21-18-11)15(20)19-8-4-5-13(19)12-9-16-6-7-17-12/h6-7,9,13H,3-5,8H2,1-2H3/t13-/m1/s1. The first-order valence-electron chi connectivity index (χ1n) is 7.24. The van der Waals surface area contributed by atoms with Gasteiger partial charge in [-0.1, -0.05) is 12.1 Å². The Kier molecular flexibility index (Phi) is 3.68. The van der Waals surface area contributed by atoms with Crippen molar-refractivity contribution in [1.29, 1.82) is 0 Å². The van der Waals surface area contributed by atoms with Gasteiger partial charge in [0.25, 0.3) is 5.91 Å². The van der Waals surface area contributed by atoms with E-state index in [0.717, 1.165) is 30.8 Å². The van der Waals surface area contributed by atoms with E-state index >= 15 is 0 Å². The average Bonchev–Trinajstić information content (AvgIpc) is 3.14. The summed E-state index contributed by atoms with van der Waals surface area (Å²) < 4.78 is 5.18. The number of carbonyl (C=O) groups excluding carboxylic acids is 1. The minimum atomic E-state index is -0.0150. The highest BCUT2D eigenvalue weighted by atomic mass is 16.5. The number of rotatable bonds is 3. The molecule has 1 aliphatic rings. The Labute approximate surface area is 123 Å². The maximum atomic E-state index is 12.9. The lowest BCUT2D eigenvalue weighted by atomic mass is 10.1. The van der Waals surface area contributed by atoms with Crippen LogP contribution in [0.2, 0.25) is 0 Å². The molecule has 0 bridgehead atoms. The molecule has 0 aliphatic carbocycles. The number of nitrogens with zero attached hydrogens (tertiary/aromatic N) is 4. The minimum absolute atomic E-state index is 0.00907. The number of carbonyl (C=O) groups is 1. The third kappa shape index (κ3) is 2.41. The summed E-state index contributed by atoms with van der Waals surface area (Å²) in [6.45, 7) is 4.48. The molecule has 0 N–H and O–H groups in total. The summed E-state index contributed by atoms with van der Waals surface area (Å²) in [6, 6.07) is -0.00907. The molecule has 1 aliphatic heterocycles. The first-order chi connectivity index (χ1) is 10.2. The maximum absolute atomic E-state index is 12.9. The topological polar surface area (TPSA) is 72.1 Å². The molecule has 6 heteroatoms. The zero-order valence-electron chi connectivity index (χ0n) is 12.2. The van der Waals surface area contributed by atoms with E-state index in [1.165, 1.54) is 0 Å². The summed E-state index contributed by atoms with van der Waals surface area (Å²) >= 11 is 0. The van der Waals surface area contributed by atoms with Gasteiger partial charge in [-0.2, -0.15) is 0 Å². The summed E-state index contributed by atoms with van der Waals surface area (Å²) in [5, 5.41) is 3.97. The van der Waals surface area contributed by atoms with Gasteiger partial charge < -0.3 is 9.42 Å². The van der Waals surface area contributed by atoms with Gasteiger partial charge in [0.15, 0.2) is 0 Å². The molecule has 2 aromatic heterocycles. The van der Waals surface area contributed by atoms with Crippen molar-refractivity contribution in [2.75, 3.05) is 6.54 Å². The molecule has 1 atom stereocenters. The Bertz CT molecular complexity index is 638. The Balaban J connectivity index is 1.92. The van der Waals surface area contributed by atoms with Crippen LogP contribution in [0.15, 0.2) is 23.1 Å². The molecule has 6 nitrogen and oxygen atoms in total. The van der Waals surface area contributed by atoms with Crippen molar-refractivity contribution in [3.63, 3.8) is 0 Å². The van der Waals surface area contributed by atoms with Crippen molar-refractivity contribution < 1.29 is 9.32 Å².